The number of benzene rings is 2. The zero-order valence-corrected chi connectivity index (χ0v) is 19.3. The Hall–Kier alpha value is -2.12. The van der Waals surface area contributed by atoms with Gasteiger partial charge in [-0.2, -0.15) is 0 Å². The van der Waals surface area contributed by atoms with Gasteiger partial charge < -0.3 is 5.32 Å². The Morgan fingerprint density at radius 2 is 1.75 bits per heavy atom. The molecule has 3 amide bonds. The van der Waals surface area contributed by atoms with Gasteiger partial charge in [-0.15, -0.1) is 0 Å². The summed E-state index contributed by atoms with van der Waals surface area (Å²) in [6.45, 7) is 2.49. The van der Waals surface area contributed by atoms with Gasteiger partial charge in [-0.1, -0.05) is 40.9 Å². The van der Waals surface area contributed by atoms with Crippen molar-refractivity contribution in [1.29, 1.82) is 0 Å². The van der Waals surface area contributed by atoms with Crippen LogP contribution in [0.25, 0.3) is 0 Å². The topological polar surface area (TPSA) is 69.7 Å². The third-order valence-corrected chi connectivity index (χ3v) is 8.31. The Bertz CT molecular complexity index is 1230. The Kier molecular flexibility index (Phi) is 4.29. The van der Waals surface area contributed by atoms with Crippen molar-refractivity contribution >= 4 is 63.9 Å². The third kappa shape index (κ3) is 2.34. The van der Waals surface area contributed by atoms with E-state index in [2.05, 4.69) is 10.2 Å². The van der Waals surface area contributed by atoms with Crippen molar-refractivity contribution in [2.75, 3.05) is 16.8 Å². The molecule has 3 fully saturated rings. The van der Waals surface area contributed by atoms with Crippen LogP contribution in [0.15, 0.2) is 30.3 Å². The first-order valence-corrected chi connectivity index (χ1v) is 11.6. The van der Waals surface area contributed by atoms with E-state index in [0.29, 0.717) is 33.0 Å². The highest BCUT2D eigenvalue weighted by atomic mass is 35.5. The molecule has 1 spiro atoms. The normalized spacial score (nSPS) is 30.8. The lowest BCUT2D eigenvalue weighted by Crippen LogP contribution is -2.54. The maximum Gasteiger partial charge on any atom is 0.250 e. The Labute approximate surface area is 199 Å². The van der Waals surface area contributed by atoms with Crippen molar-refractivity contribution in [2.24, 2.45) is 11.8 Å². The molecule has 2 aromatic rings. The summed E-state index contributed by atoms with van der Waals surface area (Å²) in [4.78, 5) is 44.5. The first kappa shape index (κ1) is 20.5. The van der Waals surface area contributed by atoms with Crippen molar-refractivity contribution in [2.45, 2.75) is 31.3 Å². The van der Waals surface area contributed by atoms with Gasteiger partial charge in [-0.3, -0.25) is 19.3 Å². The van der Waals surface area contributed by atoms with E-state index in [1.165, 1.54) is 4.90 Å². The molecule has 32 heavy (non-hydrogen) atoms. The molecule has 9 heteroatoms. The number of carbonyl (C=O) groups excluding carboxylic acids is 3. The summed E-state index contributed by atoms with van der Waals surface area (Å²) in [7, 11) is 0. The molecule has 0 aliphatic carbocycles. The number of halogens is 3. The lowest BCUT2D eigenvalue weighted by atomic mass is 9.75. The predicted molar refractivity (Wildman–Crippen MR) is 122 cm³/mol. The third-order valence-electron chi connectivity index (χ3n) is 7.47. The van der Waals surface area contributed by atoms with Crippen LogP contribution in [0.3, 0.4) is 0 Å². The van der Waals surface area contributed by atoms with Gasteiger partial charge in [0.2, 0.25) is 17.7 Å². The summed E-state index contributed by atoms with van der Waals surface area (Å²) in [6, 6.07) is 8.03. The molecule has 1 N–H and O–H groups in total. The van der Waals surface area contributed by atoms with E-state index in [-0.39, 0.29) is 17.9 Å². The lowest BCUT2D eigenvalue weighted by Gasteiger charge is -2.36. The van der Waals surface area contributed by atoms with Gasteiger partial charge in [0.25, 0.3) is 0 Å². The van der Waals surface area contributed by atoms with Crippen molar-refractivity contribution in [3.63, 3.8) is 0 Å². The van der Waals surface area contributed by atoms with Crippen LogP contribution in [0.1, 0.15) is 24.0 Å². The van der Waals surface area contributed by atoms with Crippen LogP contribution >= 0.6 is 34.8 Å². The number of hydrogen-bond donors (Lipinski definition) is 1. The number of nitrogens with one attached hydrogen (secondary N) is 1. The molecule has 0 aromatic heterocycles. The molecule has 164 valence electrons. The number of carbonyl (C=O) groups is 3. The van der Waals surface area contributed by atoms with Gasteiger partial charge in [0.1, 0.15) is 5.54 Å². The molecule has 0 unspecified atom stereocenters. The fourth-order valence-electron chi connectivity index (χ4n) is 6.31. The van der Waals surface area contributed by atoms with Gasteiger partial charge in [0.15, 0.2) is 0 Å². The highest BCUT2D eigenvalue weighted by Gasteiger charge is 2.74. The molecule has 0 radical (unpaired) electrons. The highest BCUT2D eigenvalue weighted by Crippen LogP contribution is 2.61. The zero-order valence-electron chi connectivity index (χ0n) is 17.0. The van der Waals surface area contributed by atoms with E-state index in [1.54, 1.807) is 24.3 Å². The van der Waals surface area contributed by atoms with E-state index in [9.17, 15) is 14.4 Å². The zero-order chi connectivity index (χ0) is 22.5. The summed E-state index contributed by atoms with van der Waals surface area (Å²) >= 11 is 18.6. The summed E-state index contributed by atoms with van der Waals surface area (Å²) in [5.74, 6) is -2.43. The summed E-state index contributed by atoms with van der Waals surface area (Å²) in [6.07, 6.45) is 1.61. The maximum absolute atomic E-state index is 13.9. The van der Waals surface area contributed by atoms with Crippen molar-refractivity contribution in [1.82, 2.24) is 4.90 Å². The van der Waals surface area contributed by atoms with Crippen LogP contribution in [0.2, 0.25) is 15.1 Å². The molecule has 0 saturated carbocycles. The van der Waals surface area contributed by atoms with Crippen molar-refractivity contribution in [3.8, 4) is 0 Å². The van der Waals surface area contributed by atoms with Crippen LogP contribution in [0.5, 0.6) is 0 Å². The van der Waals surface area contributed by atoms with E-state index in [0.717, 1.165) is 24.0 Å². The minimum atomic E-state index is -1.24. The van der Waals surface area contributed by atoms with E-state index < -0.39 is 23.3 Å². The molecule has 4 heterocycles. The number of fused-ring (bicyclic) bond motifs is 7. The minimum Gasteiger partial charge on any atom is -0.324 e. The van der Waals surface area contributed by atoms with Gasteiger partial charge in [-0.25, -0.2) is 4.90 Å². The second-order valence-electron chi connectivity index (χ2n) is 8.86. The largest absolute Gasteiger partial charge is 0.324 e. The molecule has 3 saturated heterocycles. The first-order chi connectivity index (χ1) is 15.3. The molecule has 6 rings (SSSR count). The summed E-state index contributed by atoms with van der Waals surface area (Å²) < 4.78 is 0. The molecule has 0 bridgehead atoms. The number of hydrogen-bond acceptors (Lipinski definition) is 4. The van der Waals surface area contributed by atoms with Crippen LogP contribution in [-0.2, 0) is 19.9 Å². The van der Waals surface area contributed by atoms with E-state index in [1.807, 2.05) is 13.0 Å². The maximum atomic E-state index is 13.9. The number of nitrogens with zero attached hydrogens (tertiary/aromatic N) is 2. The molecule has 4 aliphatic heterocycles. The smallest absolute Gasteiger partial charge is 0.250 e. The number of amides is 3. The fourth-order valence-corrected chi connectivity index (χ4v) is 6.99. The molecule has 6 nitrogen and oxygen atoms in total. The first-order valence-electron chi connectivity index (χ1n) is 10.5. The number of anilines is 2. The summed E-state index contributed by atoms with van der Waals surface area (Å²) in [5, 5.41) is 4.18. The second-order valence-corrected chi connectivity index (χ2v) is 10.1. The SMILES string of the molecule is Cc1c(Cl)ccc2c1NC(=O)[C@@]21[C@@H]2C(=O)N(c3cc(Cl)cc(Cl)c3)C(=O)[C@@H]2[C@@H]2CCCN21. The molecule has 4 aliphatic rings. The quantitative estimate of drug-likeness (QED) is 0.602. The average molecular weight is 491 g/mol. The van der Waals surface area contributed by atoms with Crippen LogP contribution in [0, 0.1) is 18.8 Å². The summed E-state index contributed by atoms with van der Waals surface area (Å²) in [5.41, 5.74) is 1.20. The van der Waals surface area contributed by atoms with Gasteiger partial charge in [0, 0.05) is 26.7 Å². The van der Waals surface area contributed by atoms with Crippen LogP contribution in [-0.4, -0.2) is 35.2 Å². The van der Waals surface area contributed by atoms with Gasteiger partial charge >= 0.3 is 0 Å². The Morgan fingerprint density at radius 1 is 1.03 bits per heavy atom. The highest BCUT2D eigenvalue weighted by molar-refractivity contribution is 6.36. The number of imide groups is 1. The molecular weight excluding hydrogens is 473 g/mol. The fraction of sp³-hybridized carbons (Fsp3) is 0.348. The van der Waals surface area contributed by atoms with E-state index >= 15 is 0 Å². The Morgan fingerprint density at radius 3 is 2.47 bits per heavy atom. The number of rotatable bonds is 1. The van der Waals surface area contributed by atoms with Crippen LogP contribution in [0.4, 0.5) is 11.4 Å². The predicted octanol–water partition coefficient (Wildman–Crippen LogP) is 4.39. The van der Waals surface area contributed by atoms with Gasteiger partial charge in [0.05, 0.1) is 23.2 Å². The van der Waals surface area contributed by atoms with Crippen LogP contribution < -0.4 is 10.2 Å². The molecule has 4 atom stereocenters. The van der Waals surface area contributed by atoms with Gasteiger partial charge in [-0.05, 0) is 56.1 Å². The monoisotopic (exact) mass is 489 g/mol. The van der Waals surface area contributed by atoms with Crippen molar-refractivity contribution in [3.05, 3.63) is 56.5 Å². The second kappa shape index (κ2) is 6.70. The van der Waals surface area contributed by atoms with E-state index in [4.69, 9.17) is 34.8 Å². The lowest BCUT2D eigenvalue weighted by molar-refractivity contribution is -0.135. The molecular formula is C23H18Cl3N3O3. The minimum absolute atomic E-state index is 0.191. The van der Waals surface area contributed by atoms with Crippen molar-refractivity contribution < 1.29 is 14.4 Å². The molecule has 2 aromatic carbocycles. The average Bonchev–Trinajstić information content (AvgIpc) is 3.43. The Balaban J connectivity index is 1.57. The standard InChI is InChI=1S/C23H18Cl3N3O3/c1-10-15(26)5-4-14-19(10)27-22(32)23(14)18-17(16-3-2-6-28(16)23)20(30)29(21(18)31)13-8-11(24)7-12(25)9-13/h4-5,7-9,16-18H,2-3,6H2,1H3,(H,27,32)/t16-,17+,18-,23-/m0/s1.